The van der Waals surface area contributed by atoms with Gasteiger partial charge in [-0.15, -0.1) is 0 Å². The Morgan fingerprint density at radius 1 is 0.850 bits per heavy atom. The molecule has 0 fully saturated rings. The van der Waals surface area contributed by atoms with Crippen molar-refractivity contribution in [2.75, 3.05) is 5.32 Å². The van der Waals surface area contributed by atoms with Crippen LogP contribution >= 0.6 is 0 Å². The Bertz CT molecular complexity index is 836. The van der Waals surface area contributed by atoms with E-state index >= 15 is 0 Å². The van der Waals surface area contributed by atoms with Crippen LogP contribution in [-0.2, 0) is 0 Å². The summed E-state index contributed by atoms with van der Waals surface area (Å²) in [5.74, 6) is 1.83. The van der Waals surface area contributed by atoms with Crippen LogP contribution in [0.5, 0.6) is 11.5 Å². The molecule has 0 atom stereocenters. The zero-order valence-electron chi connectivity index (χ0n) is 11.5. The van der Waals surface area contributed by atoms with Crippen LogP contribution in [0.25, 0.3) is 10.8 Å². The van der Waals surface area contributed by atoms with Crippen LogP contribution in [0.2, 0.25) is 0 Å². The second-order valence-corrected chi connectivity index (χ2v) is 5.29. The normalized spacial score (nSPS) is 12.3. The van der Waals surface area contributed by atoms with Crippen molar-refractivity contribution in [3.05, 3.63) is 59.7 Å². The highest BCUT2D eigenvalue weighted by Crippen LogP contribution is 2.48. The molecule has 0 bridgehead atoms. The quantitative estimate of drug-likeness (QED) is 0.463. The minimum Gasteiger partial charge on any atom is -0.452 e. The van der Waals surface area contributed by atoms with Crippen LogP contribution in [0.1, 0.15) is 11.1 Å². The number of fused-ring (bicyclic) bond motifs is 4. The van der Waals surface area contributed by atoms with Crippen molar-refractivity contribution in [2.24, 2.45) is 0 Å². The van der Waals surface area contributed by atoms with Gasteiger partial charge < -0.3 is 10.1 Å². The lowest BCUT2D eigenvalue weighted by molar-refractivity contribution is 0.486. The highest BCUT2D eigenvalue weighted by Gasteiger charge is 2.21. The molecule has 0 amide bonds. The molecular formula is C18H15NO. The van der Waals surface area contributed by atoms with Gasteiger partial charge in [-0.05, 0) is 42.5 Å². The van der Waals surface area contributed by atoms with Crippen molar-refractivity contribution in [3.8, 4) is 11.5 Å². The number of rotatable bonds is 0. The predicted molar refractivity (Wildman–Crippen MR) is 83.2 cm³/mol. The van der Waals surface area contributed by atoms with E-state index in [1.54, 1.807) is 0 Å². The summed E-state index contributed by atoms with van der Waals surface area (Å²) in [7, 11) is 0. The molecular weight excluding hydrogens is 246 g/mol. The SMILES string of the molecule is Cc1cccc2c1Nc1c(C)cc3ccccc3c1O2. The summed E-state index contributed by atoms with van der Waals surface area (Å²) in [6, 6.07) is 16.7. The van der Waals surface area contributed by atoms with Crippen LogP contribution in [-0.4, -0.2) is 0 Å². The van der Waals surface area contributed by atoms with Gasteiger partial charge in [0.15, 0.2) is 11.5 Å². The predicted octanol–water partition coefficient (Wildman–Crippen LogP) is 5.31. The van der Waals surface area contributed by atoms with Crippen LogP contribution in [0, 0.1) is 13.8 Å². The van der Waals surface area contributed by atoms with Gasteiger partial charge in [0.1, 0.15) is 0 Å². The zero-order chi connectivity index (χ0) is 13.7. The monoisotopic (exact) mass is 261 g/mol. The fraction of sp³-hybridized carbons (Fsp3) is 0.111. The molecule has 0 saturated carbocycles. The van der Waals surface area contributed by atoms with Gasteiger partial charge in [0.05, 0.1) is 11.4 Å². The molecule has 1 aliphatic heterocycles. The zero-order valence-corrected chi connectivity index (χ0v) is 11.5. The molecule has 4 rings (SSSR count). The maximum Gasteiger partial charge on any atom is 0.159 e. The van der Waals surface area contributed by atoms with E-state index in [0.29, 0.717) is 0 Å². The van der Waals surface area contributed by atoms with E-state index < -0.39 is 0 Å². The molecule has 1 aliphatic rings. The van der Waals surface area contributed by atoms with Crippen LogP contribution < -0.4 is 10.1 Å². The van der Waals surface area contributed by atoms with Gasteiger partial charge in [-0.2, -0.15) is 0 Å². The van der Waals surface area contributed by atoms with Crippen molar-refractivity contribution < 1.29 is 4.74 Å². The van der Waals surface area contributed by atoms with Gasteiger partial charge in [-0.25, -0.2) is 0 Å². The molecule has 0 saturated heterocycles. The summed E-state index contributed by atoms with van der Waals surface area (Å²) in [6.45, 7) is 4.21. The lowest BCUT2D eigenvalue weighted by atomic mass is 10.0. The number of benzene rings is 3. The summed E-state index contributed by atoms with van der Waals surface area (Å²) in [4.78, 5) is 0. The van der Waals surface area contributed by atoms with Crippen molar-refractivity contribution in [2.45, 2.75) is 13.8 Å². The van der Waals surface area contributed by atoms with Crippen molar-refractivity contribution in [1.29, 1.82) is 0 Å². The topological polar surface area (TPSA) is 21.3 Å². The first-order chi connectivity index (χ1) is 9.74. The second kappa shape index (κ2) is 4.01. The first kappa shape index (κ1) is 11.4. The van der Waals surface area contributed by atoms with Gasteiger partial charge in [-0.1, -0.05) is 36.4 Å². The Labute approximate surface area is 118 Å². The maximum atomic E-state index is 6.19. The molecule has 20 heavy (non-hydrogen) atoms. The molecule has 0 unspecified atom stereocenters. The van der Waals surface area contributed by atoms with E-state index in [1.165, 1.54) is 16.5 Å². The molecule has 0 aliphatic carbocycles. The fourth-order valence-electron chi connectivity index (χ4n) is 2.83. The van der Waals surface area contributed by atoms with E-state index in [2.05, 4.69) is 49.5 Å². The number of hydrogen-bond donors (Lipinski definition) is 1. The summed E-state index contributed by atoms with van der Waals surface area (Å²) in [5.41, 5.74) is 4.54. The first-order valence-electron chi connectivity index (χ1n) is 6.81. The van der Waals surface area contributed by atoms with Crippen LogP contribution in [0.3, 0.4) is 0 Å². The van der Waals surface area contributed by atoms with Gasteiger partial charge in [-0.3, -0.25) is 0 Å². The number of anilines is 2. The molecule has 1 N–H and O–H groups in total. The van der Waals surface area contributed by atoms with Gasteiger partial charge in [0.2, 0.25) is 0 Å². The lowest BCUT2D eigenvalue weighted by Crippen LogP contribution is -2.06. The standard InChI is InChI=1S/C18H15NO/c1-11-6-5-9-15-16(11)19-17-12(2)10-13-7-3-4-8-14(13)18(17)20-15/h3-10,19H,1-2H3. The van der Waals surface area contributed by atoms with E-state index in [4.69, 9.17) is 4.74 Å². The van der Waals surface area contributed by atoms with Crippen molar-refractivity contribution >= 4 is 22.1 Å². The Morgan fingerprint density at radius 2 is 1.70 bits per heavy atom. The average molecular weight is 261 g/mol. The average Bonchev–Trinajstić information content (AvgIpc) is 2.47. The van der Waals surface area contributed by atoms with E-state index in [9.17, 15) is 0 Å². The number of para-hydroxylation sites is 1. The molecule has 1 heterocycles. The van der Waals surface area contributed by atoms with E-state index in [0.717, 1.165) is 28.3 Å². The maximum absolute atomic E-state index is 6.19. The second-order valence-electron chi connectivity index (χ2n) is 5.29. The van der Waals surface area contributed by atoms with Gasteiger partial charge in [0, 0.05) is 5.39 Å². The molecule has 98 valence electrons. The van der Waals surface area contributed by atoms with Crippen molar-refractivity contribution in [1.82, 2.24) is 0 Å². The van der Waals surface area contributed by atoms with E-state index in [-0.39, 0.29) is 0 Å². The fourth-order valence-corrected chi connectivity index (χ4v) is 2.83. The van der Waals surface area contributed by atoms with Gasteiger partial charge in [0.25, 0.3) is 0 Å². The molecule has 2 heteroatoms. The van der Waals surface area contributed by atoms with Gasteiger partial charge >= 0.3 is 0 Å². The summed E-state index contributed by atoms with van der Waals surface area (Å²) >= 11 is 0. The number of aryl methyl sites for hydroxylation is 2. The Morgan fingerprint density at radius 3 is 2.60 bits per heavy atom. The third kappa shape index (κ3) is 1.51. The summed E-state index contributed by atoms with van der Waals surface area (Å²) in [5, 5.41) is 5.90. The third-order valence-electron chi connectivity index (χ3n) is 3.90. The molecule has 0 radical (unpaired) electrons. The summed E-state index contributed by atoms with van der Waals surface area (Å²) in [6.07, 6.45) is 0. The Hall–Kier alpha value is -2.48. The minimum absolute atomic E-state index is 0.897. The number of nitrogens with one attached hydrogen (secondary N) is 1. The van der Waals surface area contributed by atoms with Crippen molar-refractivity contribution in [3.63, 3.8) is 0 Å². The van der Waals surface area contributed by atoms with E-state index in [1.807, 2.05) is 18.2 Å². The number of ether oxygens (including phenoxy) is 1. The summed E-state index contributed by atoms with van der Waals surface area (Å²) < 4.78 is 6.19. The van der Waals surface area contributed by atoms with Crippen LogP contribution in [0.15, 0.2) is 48.5 Å². The highest BCUT2D eigenvalue weighted by atomic mass is 16.5. The molecule has 3 aromatic rings. The molecule has 0 aromatic heterocycles. The highest BCUT2D eigenvalue weighted by molar-refractivity contribution is 5.98. The Balaban J connectivity index is 2.02. The van der Waals surface area contributed by atoms with Crippen LogP contribution in [0.4, 0.5) is 11.4 Å². The Kier molecular flexibility index (Phi) is 2.27. The lowest BCUT2D eigenvalue weighted by Gasteiger charge is -2.26. The minimum atomic E-state index is 0.897. The third-order valence-corrected chi connectivity index (χ3v) is 3.90. The largest absolute Gasteiger partial charge is 0.452 e. The first-order valence-corrected chi connectivity index (χ1v) is 6.81. The molecule has 3 aromatic carbocycles. The smallest absolute Gasteiger partial charge is 0.159 e. The molecule has 2 nitrogen and oxygen atoms in total. The molecule has 0 spiro atoms. The number of hydrogen-bond acceptors (Lipinski definition) is 2.